The van der Waals surface area contributed by atoms with E-state index in [9.17, 15) is 0 Å². The number of nitrogens with one attached hydrogen (secondary N) is 2. The van der Waals surface area contributed by atoms with Crippen LogP contribution in [0.4, 0.5) is 0 Å². The van der Waals surface area contributed by atoms with Gasteiger partial charge in [0.05, 0.1) is 10.7 Å². The minimum absolute atomic E-state index is 0.660. The van der Waals surface area contributed by atoms with Crippen LogP contribution in [0.1, 0.15) is 16.3 Å². The maximum atomic E-state index is 5.91. The van der Waals surface area contributed by atoms with E-state index in [-0.39, 0.29) is 0 Å². The maximum Gasteiger partial charge on any atom is 0.191 e. The number of likely N-dealkylation sites (N-methyl/N-ethyl adjacent to an activating group) is 1. The van der Waals surface area contributed by atoms with Crippen molar-refractivity contribution < 1.29 is 4.74 Å². The van der Waals surface area contributed by atoms with Crippen LogP contribution < -0.4 is 15.4 Å². The van der Waals surface area contributed by atoms with Crippen LogP contribution >= 0.6 is 11.3 Å². The Kier molecular flexibility index (Phi) is 8.37. The Morgan fingerprint density at radius 2 is 2.08 bits per heavy atom. The van der Waals surface area contributed by atoms with Crippen LogP contribution in [0, 0.1) is 6.92 Å². The zero-order chi connectivity index (χ0) is 18.8. The van der Waals surface area contributed by atoms with Crippen molar-refractivity contribution in [2.75, 3.05) is 40.8 Å². The van der Waals surface area contributed by atoms with E-state index in [0.717, 1.165) is 47.5 Å². The number of hydrogen-bond donors (Lipinski definition) is 2. The Hall–Kier alpha value is -2.12. The van der Waals surface area contributed by atoms with Crippen molar-refractivity contribution in [2.24, 2.45) is 4.99 Å². The summed E-state index contributed by atoms with van der Waals surface area (Å²) in [6.07, 6.45) is 0.884. The van der Waals surface area contributed by atoms with Crippen molar-refractivity contribution in [2.45, 2.75) is 19.9 Å². The molecule has 0 saturated carbocycles. The molecular formula is C19H29N5OS. The molecule has 0 amide bonds. The van der Waals surface area contributed by atoms with Crippen LogP contribution in [-0.4, -0.2) is 56.7 Å². The first kappa shape index (κ1) is 20.2. The van der Waals surface area contributed by atoms with Gasteiger partial charge >= 0.3 is 0 Å². The maximum absolute atomic E-state index is 5.91. The Labute approximate surface area is 160 Å². The van der Waals surface area contributed by atoms with E-state index in [2.05, 4.69) is 37.0 Å². The number of ether oxygens (including phenoxy) is 1. The smallest absolute Gasteiger partial charge is 0.191 e. The summed E-state index contributed by atoms with van der Waals surface area (Å²) in [5.41, 5.74) is 2.24. The molecule has 1 aromatic carbocycles. The normalized spacial score (nSPS) is 11.7. The second-order valence-corrected chi connectivity index (χ2v) is 7.28. The summed E-state index contributed by atoms with van der Waals surface area (Å²) in [5.74, 6) is 1.69. The molecule has 1 heterocycles. The summed E-state index contributed by atoms with van der Waals surface area (Å²) in [7, 11) is 5.86. The molecule has 0 unspecified atom stereocenters. The summed E-state index contributed by atoms with van der Waals surface area (Å²) in [6, 6.07) is 8.10. The molecule has 2 rings (SSSR count). The number of rotatable bonds is 9. The highest BCUT2D eigenvalue weighted by molar-refractivity contribution is 7.09. The molecule has 0 atom stereocenters. The Morgan fingerprint density at radius 3 is 2.77 bits per heavy atom. The molecule has 6 nitrogen and oxygen atoms in total. The molecule has 0 spiro atoms. The molecule has 0 radical (unpaired) electrons. The Balaban J connectivity index is 1.80. The molecule has 142 valence electrons. The van der Waals surface area contributed by atoms with Crippen LogP contribution in [0.5, 0.6) is 5.75 Å². The molecule has 7 heteroatoms. The van der Waals surface area contributed by atoms with Gasteiger partial charge in [-0.3, -0.25) is 4.99 Å². The topological polar surface area (TPSA) is 61.8 Å². The van der Waals surface area contributed by atoms with Crippen molar-refractivity contribution in [1.82, 2.24) is 20.5 Å². The van der Waals surface area contributed by atoms with E-state index in [1.807, 2.05) is 39.2 Å². The molecule has 2 N–H and O–H groups in total. The summed E-state index contributed by atoms with van der Waals surface area (Å²) in [5, 5.41) is 9.89. The lowest BCUT2D eigenvalue weighted by molar-refractivity contribution is 0.259. The van der Waals surface area contributed by atoms with Gasteiger partial charge in [-0.05, 0) is 27.1 Å². The van der Waals surface area contributed by atoms with E-state index in [0.29, 0.717) is 13.2 Å². The summed E-state index contributed by atoms with van der Waals surface area (Å²) in [6.45, 7) is 5.04. The van der Waals surface area contributed by atoms with Gasteiger partial charge in [-0.15, -0.1) is 11.3 Å². The summed E-state index contributed by atoms with van der Waals surface area (Å²) < 4.78 is 5.91. The lowest BCUT2D eigenvalue weighted by atomic mass is 10.2. The number of para-hydroxylation sites is 1. The number of nitrogens with zero attached hydrogens (tertiary/aromatic N) is 3. The number of aryl methyl sites for hydroxylation is 1. The van der Waals surface area contributed by atoms with E-state index in [1.54, 1.807) is 18.4 Å². The first-order valence-corrected chi connectivity index (χ1v) is 9.67. The highest BCUT2D eigenvalue weighted by Crippen LogP contribution is 2.17. The number of hydrogen-bond acceptors (Lipinski definition) is 5. The molecule has 0 bridgehead atoms. The van der Waals surface area contributed by atoms with Crippen LogP contribution in [0.15, 0.2) is 34.6 Å². The summed E-state index contributed by atoms with van der Waals surface area (Å²) >= 11 is 1.68. The molecular weight excluding hydrogens is 346 g/mol. The zero-order valence-corrected chi connectivity index (χ0v) is 16.9. The third kappa shape index (κ3) is 7.01. The van der Waals surface area contributed by atoms with Gasteiger partial charge in [-0.25, -0.2) is 4.98 Å². The Morgan fingerprint density at radius 1 is 1.27 bits per heavy atom. The molecule has 1 aromatic heterocycles. The van der Waals surface area contributed by atoms with Gasteiger partial charge in [-0.1, -0.05) is 18.2 Å². The minimum atomic E-state index is 0.660. The molecule has 0 saturated heterocycles. The Bertz CT molecular complexity index is 699. The van der Waals surface area contributed by atoms with Crippen molar-refractivity contribution in [1.29, 1.82) is 0 Å². The molecule has 2 aromatic rings. The largest absolute Gasteiger partial charge is 0.492 e. The number of benzene rings is 1. The van der Waals surface area contributed by atoms with Crippen molar-refractivity contribution in [3.63, 3.8) is 0 Å². The number of guanidine groups is 1. The van der Waals surface area contributed by atoms with Crippen LogP contribution in [0.25, 0.3) is 0 Å². The van der Waals surface area contributed by atoms with Gasteiger partial charge in [0.1, 0.15) is 12.4 Å². The third-order valence-corrected chi connectivity index (χ3v) is 4.60. The number of aromatic nitrogens is 1. The van der Waals surface area contributed by atoms with Gasteiger partial charge in [-0.2, -0.15) is 0 Å². The van der Waals surface area contributed by atoms with Crippen molar-refractivity contribution in [3.8, 4) is 5.75 Å². The van der Waals surface area contributed by atoms with E-state index in [4.69, 9.17) is 4.74 Å². The average Bonchev–Trinajstić information content (AvgIpc) is 3.04. The predicted octanol–water partition coefficient (Wildman–Crippen LogP) is 2.30. The predicted molar refractivity (Wildman–Crippen MR) is 109 cm³/mol. The fraction of sp³-hybridized carbons (Fsp3) is 0.474. The van der Waals surface area contributed by atoms with E-state index >= 15 is 0 Å². The second kappa shape index (κ2) is 10.8. The highest BCUT2D eigenvalue weighted by Gasteiger charge is 2.05. The fourth-order valence-electron chi connectivity index (χ4n) is 2.36. The van der Waals surface area contributed by atoms with Crippen molar-refractivity contribution in [3.05, 3.63) is 45.9 Å². The van der Waals surface area contributed by atoms with Crippen LogP contribution in [0.2, 0.25) is 0 Å². The SMILES string of the molecule is CN=C(NCCc1csc(C)n1)NCc1ccccc1OCCN(C)C. The first-order chi connectivity index (χ1) is 12.6. The van der Waals surface area contributed by atoms with Crippen LogP contribution in [-0.2, 0) is 13.0 Å². The number of thiazole rings is 1. The monoisotopic (exact) mass is 375 g/mol. The average molecular weight is 376 g/mol. The van der Waals surface area contributed by atoms with Gasteiger partial charge in [0, 0.05) is 44.0 Å². The van der Waals surface area contributed by atoms with Gasteiger partial charge < -0.3 is 20.3 Å². The third-order valence-electron chi connectivity index (χ3n) is 3.78. The van der Waals surface area contributed by atoms with E-state index < -0.39 is 0 Å². The minimum Gasteiger partial charge on any atom is -0.492 e. The van der Waals surface area contributed by atoms with Crippen LogP contribution in [0.3, 0.4) is 0 Å². The number of aliphatic imine (C=N–C) groups is 1. The lowest BCUT2D eigenvalue weighted by Crippen LogP contribution is -2.38. The fourth-order valence-corrected chi connectivity index (χ4v) is 3.01. The second-order valence-electron chi connectivity index (χ2n) is 6.22. The van der Waals surface area contributed by atoms with Gasteiger partial charge in [0.15, 0.2) is 5.96 Å². The molecule has 0 fully saturated rings. The van der Waals surface area contributed by atoms with E-state index in [1.165, 1.54) is 0 Å². The molecule has 0 aliphatic rings. The van der Waals surface area contributed by atoms with Crippen molar-refractivity contribution >= 4 is 17.3 Å². The standard InChI is InChI=1S/C19H29N5OS/c1-15-23-17(14-26-15)9-10-21-19(20-2)22-13-16-7-5-6-8-18(16)25-12-11-24(3)4/h5-8,14H,9-13H2,1-4H3,(H2,20,21,22). The quantitative estimate of drug-likeness (QED) is 0.520. The molecule has 26 heavy (non-hydrogen) atoms. The molecule has 0 aliphatic heterocycles. The lowest BCUT2D eigenvalue weighted by Gasteiger charge is -2.16. The molecule has 0 aliphatic carbocycles. The first-order valence-electron chi connectivity index (χ1n) is 8.79. The van der Waals surface area contributed by atoms with Gasteiger partial charge in [0.25, 0.3) is 0 Å². The summed E-state index contributed by atoms with van der Waals surface area (Å²) in [4.78, 5) is 10.9. The zero-order valence-electron chi connectivity index (χ0n) is 16.1. The highest BCUT2D eigenvalue weighted by atomic mass is 32.1. The van der Waals surface area contributed by atoms with Gasteiger partial charge in [0.2, 0.25) is 0 Å².